The van der Waals surface area contributed by atoms with Gasteiger partial charge in [-0.3, -0.25) is 9.78 Å². The lowest BCUT2D eigenvalue weighted by atomic mass is 10.1. The molecule has 1 aliphatic heterocycles. The number of carbonyl (C=O) groups is 1. The summed E-state index contributed by atoms with van der Waals surface area (Å²) in [7, 11) is 3.44. The summed E-state index contributed by atoms with van der Waals surface area (Å²) in [5.74, 6) is -0.0737. The summed E-state index contributed by atoms with van der Waals surface area (Å²) in [4.78, 5) is 17.3. The van der Waals surface area contributed by atoms with E-state index in [0.717, 1.165) is 18.8 Å². The molecule has 1 aliphatic rings. The Morgan fingerprint density at radius 3 is 2.88 bits per heavy atom. The van der Waals surface area contributed by atoms with Crippen molar-refractivity contribution in [3.05, 3.63) is 24.0 Å². The molecule has 5 heteroatoms. The summed E-state index contributed by atoms with van der Waals surface area (Å²) < 4.78 is 0. The first-order chi connectivity index (χ1) is 7.66. The van der Waals surface area contributed by atoms with Gasteiger partial charge in [-0.15, -0.1) is 0 Å². The Morgan fingerprint density at radius 2 is 2.31 bits per heavy atom. The zero-order valence-corrected chi connectivity index (χ0v) is 9.53. The quantitative estimate of drug-likeness (QED) is 0.762. The van der Waals surface area contributed by atoms with Gasteiger partial charge < -0.3 is 15.5 Å². The van der Waals surface area contributed by atoms with Crippen molar-refractivity contribution in [2.75, 3.05) is 32.5 Å². The largest absolute Gasteiger partial charge is 0.380 e. The van der Waals surface area contributed by atoms with Crippen molar-refractivity contribution in [3.63, 3.8) is 0 Å². The van der Waals surface area contributed by atoms with Gasteiger partial charge in [-0.2, -0.15) is 0 Å². The van der Waals surface area contributed by atoms with E-state index in [4.69, 9.17) is 0 Å². The van der Waals surface area contributed by atoms with Crippen LogP contribution in [-0.4, -0.2) is 49.0 Å². The molecule has 0 aliphatic carbocycles. The average molecular weight is 220 g/mol. The summed E-state index contributed by atoms with van der Waals surface area (Å²) >= 11 is 0. The van der Waals surface area contributed by atoms with E-state index in [1.807, 2.05) is 6.07 Å². The lowest BCUT2D eigenvalue weighted by Gasteiger charge is -2.29. The molecule has 1 saturated heterocycles. The van der Waals surface area contributed by atoms with Crippen molar-refractivity contribution in [1.82, 2.24) is 15.2 Å². The van der Waals surface area contributed by atoms with Crippen molar-refractivity contribution in [2.45, 2.75) is 6.04 Å². The predicted molar refractivity (Wildman–Crippen MR) is 62.5 cm³/mol. The normalized spacial score (nSPS) is 15.4. The molecular weight excluding hydrogens is 204 g/mol. The molecule has 0 unspecified atom stereocenters. The molecule has 0 saturated carbocycles. The highest BCUT2D eigenvalue weighted by atomic mass is 16.2. The minimum Gasteiger partial charge on any atom is -0.380 e. The molecule has 2 rings (SSSR count). The molecule has 2 heterocycles. The number of nitrogens with one attached hydrogen (secondary N) is 2. The van der Waals surface area contributed by atoms with Gasteiger partial charge in [-0.25, -0.2) is 0 Å². The zero-order chi connectivity index (χ0) is 11.5. The number of amides is 1. The summed E-state index contributed by atoms with van der Waals surface area (Å²) in [6.45, 7) is 1.94. The number of nitrogens with zero attached hydrogens (tertiary/aromatic N) is 2. The lowest BCUT2D eigenvalue weighted by molar-refractivity contribution is 0.0822. The fourth-order valence-corrected chi connectivity index (χ4v) is 1.49. The van der Waals surface area contributed by atoms with Gasteiger partial charge in [0.05, 0.1) is 6.04 Å². The Balaban J connectivity index is 2.09. The van der Waals surface area contributed by atoms with Crippen LogP contribution in [-0.2, 0) is 0 Å². The van der Waals surface area contributed by atoms with Crippen molar-refractivity contribution < 1.29 is 4.79 Å². The van der Waals surface area contributed by atoms with Crippen LogP contribution in [0.3, 0.4) is 0 Å². The van der Waals surface area contributed by atoms with Crippen LogP contribution < -0.4 is 10.6 Å². The third kappa shape index (κ3) is 2.30. The zero-order valence-electron chi connectivity index (χ0n) is 9.53. The first-order valence-electron chi connectivity index (χ1n) is 5.32. The van der Waals surface area contributed by atoms with Gasteiger partial charge in [0.25, 0.3) is 5.91 Å². The highest BCUT2D eigenvalue weighted by Gasteiger charge is 2.17. The van der Waals surface area contributed by atoms with E-state index in [1.54, 1.807) is 26.4 Å². The van der Waals surface area contributed by atoms with E-state index in [9.17, 15) is 4.79 Å². The number of hydrogen-bond acceptors (Lipinski definition) is 4. The third-order valence-electron chi connectivity index (χ3n) is 2.54. The average Bonchev–Trinajstić information content (AvgIpc) is 2.23. The molecule has 16 heavy (non-hydrogen) atoms. The fraction of sp³-hybridized carbons (Fsp3) is 0.455. The fourth-order valence-electron chi connectivity index (χ4n) is 1.49. The second-order valence-corrected chi connectivity index (χ2v) is 4.13. The second kappa shape index (κ2) is 4.49. The van der Waals surface area contributed by atoms with E-state index in [0.29, 0.717) is 11.7 Å². The maximum atomic E-state index is 11.7. The van der Waals surface area contributed by atoms with Crippen LogP contribution in [0.1, 0.15) is 10.5 Å². The molecule has 0 radical (unpaired) electrons. The van der Waals surface area contributed by atoms with E-state index < -0.39 is 0 Å². The predicted octanol–water partition coefficient (Wildman–Crippen LogP) is 0.167. The Bertz CT molecular complexity index is 387. The summed E-state index contributed by atoms with van der Waals surface area (Å²) in [6.07, 6.45) is 1.66. The SMILES string of the molecule is CN(C)C(=O)c1cc(NC2CNC2)ccn1. The minimum atomic E-state index is -0.0737. The molecule has 1 amide bonds. The standard InChI is InChI=1S/C11H16N4O/c1-15(2)11(16)10-5-8(3-4-13-10)14-9-6-12-7-9/h3-5,9,12H,6-7H2,1-2H3,(H,13,14). The molecule has 1 aromatic heterocycles. The molecule has 1 fully saturated rings. The van der Waals surface area contributed by atoms with Gasteiger partial charge in [0, 0.05) is 39.1 Å². The monoisotopic (exact) mass is 220 g/mol. The molecule has 0 bridgehead atoms. The van der Waals surface area contributed by atoms with Crippen LogP contribution in [0, 0.1) is 0 Å². The minimum absolute atomic E-state index is 0.0737. The molecule has 2 N–H and O–H groups in total. The van der Waals surface area contributed by atoms with Crippen LogP contribution in [0.4, 0.5) is 5.69 Å². The number of anilines is 1. The molecule has 86 valence electrons. The number of hydrogen-bond donors (Lipinski definition) is 2. The highest BCUT2D eigenvalue weighted by Crippen LogP contribution is 2.11. The van der Waals surface area contributed by atoms with E-state index >= 15 is 0 Å². The van der Waals surface area contributed by atoms with Gasteiger partial charge in [0.2, 0.25) is 0 Å². The van der Waals surface area contributed by atoms with Crippen LogP contribution in [0.25, 0.3) is 0 Å². The Hall–Kier alpha value is -1.62. The van der Waals surface area contributed by atoms with E-state index in [2.05, 4.69) is 15.6 Å². The lowest BCUT2D eigenvalue weighted by Crippen LogP contribution is -2.51. The number of pyridine rings is 1. The van der Waals surface area contributed by atoms with E-state index in [1.165, 1.54) is 4.90 Å². The molecule has 0 aromatic carbocycles. The number of carbonyl (C=O) groups excluding carboxylic acids is 1. The van der Waals surface area contributed by atoms with Crippen LogP contribution in [0.15, 0.2) is 18.3 Å². The van der Waals surface area contributed by atoms with Crippen LogP contribution >= 0.6 is 0 Å². The summed E-state index contributed by atoms with van der Waals surface area (Å²) in [5, 5.41) is 6.52. The topological polar surface area (TPSA) is 57.3 Å². The smallest absolute Gasteiger partial charge is 0.272 e. The van der Waals surface area contributed by atoms with Gasteiger partial charge in [-0.1, -0.05) is 0 Å². The van der Waals surface area contributed by atoms with Crippen LogP contribution in [0.2, 0.25) is 0 Å². The molecule has 1 aromatic rings. The first kappa shape index (κ1) is 10.9. The van der Waals surface area contributed by atoms with Gasteiger partial charge >= 0.3 is 0 Å². The molecule has 0 atom stereocenters. The van der Waals surface area contributed by atoms with Crippen molar-refractivity contribution in [1.29, 1.82) is 0 Å². The Morgan fingerprint density at radius 1 is 1.56 bits per heavy atom. The Labute approximate surface area is 94.9 Å². The highest BCUT2D eigenvalue weighted by molar-refractivity contribution is 5.92. The van der Waals surface area contributed by atoms with Crippen molar-refractivity contribution >= 4 is 11.6 Å². The first-order valence-corrected chi connectivity index (χ1v) is 5.32. The Kier molecular flexibility index (Phi) is 3.05. The number of rotatable bonds is 3. The maximum absolute atomic E-state index is 11.7. The molecular formula is C11H16N4O. The van der Waals surface area contributed by atoms with Gasteiger partial charge in [0.1, 0.15) is 5.69 Å². The third-order valence-corrected chi connectivity index (χ3v) is 2.54. The van der Waals surface area contributed by atoms with Crippen LogP contribution in [0.5, 0.6) is 0 Å². The van der Waals surface area contributed by atoms with Crippen molar-refractivity contribution in [3.8, 4) is 0 Å². The van der Waals surface area contributed by atoms with Gasteiger partial charge in [-0.05, 0) is 12.1 Å². The summed E-state index contributed by atoms with van der Waals surface area (Å²) in [6, 6.07) is 4.13. The molecule has 5 nitrogen and oxygen atoms in total. The number of aromatic nitrogens is 1. The summed E-state index contributed by atoms with van der Waals surface area (Å²) in [5.41, 5.74) is 1.42. The molecule has 0 spiro atoms. The van der Waals surface area contributed by atoms with Gasteiger partial charge in [0.15, 0.2) is 0 Å². The van der Waals surface area contributed by atoms with E-state index in [-0.39, 0.29) is 5.91 Å². The second-order valence-electron chi connectivity index (χ2n) is 4.13. The maximum Gasteiger partial charge on any atom is 0.272 e. The van der Waals surface area contributed by atoms with Crippen molar-refractivity contribution in [2.24, 2.45) is 0 Å².